The van der Waals surface area contributed by atoms with Crippen molar-refractivity contribution in [2.45, 2.75) is 35.9 Å². The molecule has 3 fully saturated rings. The monoisotopic (exact) mass is 367 g/mol. The molecule has 4 rings (SSSR count). The minimum atomic E-state index is -3.36. The number of hydrogen-bond donors (Lipinski definition) is 1. The molecule has 1 amide bonds. The van der Waals surface area contributed by atoms with Gasteiger partial charge >= 0.3 is 5.97 Å². The summed E-state index contributed by atoms with van der Waals surface area (Å²) in [6, 6.07) is 5.04. The summed E-state index contributed by atoms with van der Waals surface area (Å²) < 4.78 is 33.7. The average molecular weight is 367 g/mol. The fraction of sp³-hybridized carbons (Fsp3) is 0.500. The zero-order chi connectivity index (χ0) is 17.9. The summed E-state index contributed by atoms with van der Waals surface area (Å²) in [5.74, 6) is -1.66. The second-order valence-corrected chi connectivity index (χ2v) is 8.59. The number of rotatable bonds is 3. The van der Waals surface area contributed by atoms with Gasteiger partial charge in [-0.1, -0.05) is 0 Å². The number of aliphatic hydroxyl groups is 1. The summed E-state index contributed by atoms with van der Waals surface area (Å²) in [4.78, 5) is 26.5. The van der Waals surface area contributed by atoms with E-state index in [2.05, 4.69) is 0 Å². The highest BCUT2D eigenvalue weighted by atomic mass is 32.2. The highest BCUT2D eigenvalue weighted by Gasteiger charge is 2.63. The van der Waals surface area contributed by atoms with E-state index in [-0.39, 0.29) is 28.5 Å². The number of ether oxygens (including phenoxy) is 2. The van der Waals surface area contributed by atoms with Crippen molar-refractivity contribution >= 4 is 21.7 Å². The third kappa shape index (κ3) is 2.54. The van der Waals surface area contributed by atoms with Crippen LogP contribution in [0, 0.1) is 5.92 Å². The lowest BCUT2D eigenvalue weighted by atomic mass is 9.97. The number of sulfone groups is 1. The predicted molar refractivity (Wildman–Crippen MR) is 83.2 cm³/mol. The van der Waals surface area contributed by atoms with Crippen molar-refractivity contribution in [2.24, 2.45) is 5.92 Å². The van der Waals surface area contributed by atoms with Crippen LogP contribution in [0.2, 0.25) is 0 Å². The maximum atomic E-state index is 12.5. The normalized spacial score (nSPS) is 33.6. The molecule has 25 heavy (non-hydrogen) atoms. The highest BCUT2D eigenvalue weighted by Crippen LogP contribution is 2.44. The lowest BCUT2D eigenvalue weighted by molar-refractivity contribution is -0.147. The Hall–Kier alpha value is -1.97. The molecule has 5 atom stereocenters. The molecule has 3 saturated heterocycles. The molecule has 134 valence electrons. The van der Waals surface area contributed by atoms with Gasteiger partial charge < -0.3 is 19.5 Å². The number of nitrogens with zero attached hydrogens (tertiary/aromatic N) is 1. The molecule has 0 bridgehead atoms. The lowest BCUT2D eigenvalue weighted by Gasteiger charge is -2.18. The molecule has 0 aliphatic carbocycles. The molecular weight excluding hydrogens is 350 g/mol. The van der Waals surface area contributed by atoms with Crippen LogP contribution in [0.1, 0.15) is 16.8 Å². The van der Waals surface area contributed by atoms with Gasteiger partial charge in [0.2, 0.25) is 0 Å². The molecular formula is C16H17NO7S. The molecule has 9 heteroatoms. The van der Waals surface area contributed by atoms with Crippen molar-refractivity contribution in [2.75, 3.05) is 12.8 Å². The van der Waals surface area contributed by atoms with Gasteiger partial charge in [-0.15, -0.1) is 0 Å². The van der Waals surface area contributed by atoms with E-state index in [9.17, 15) is 23.1 Å². The van der Waals surface area contributed by atoms with Gasteiger partial charge in [0.15, 0.2) is 22.2 Å². The van der Waals surface area contributed by atoms with E-state index in [0.29, 0.717) is 13.0 Å². The van der Waals surface area contributed by atoms with Crippen LogP contribution in [0.3, 0.4) is 0 Å². The summed E-state index contributed by atoms with van der Waals surface area (Å²) in [5, 5.41) is 10.1. The van der Waals surface area contributed by atoms with Crippen molar-refractivity contribution < 1.29 is 32.6 Å². The zero-order valence-corrected chi connectivity index (χ0v) is 14.2. The number of carbonyl (C=O) groups is 2. The predicted octanol–water partition coefficient (Wildman–Crippen LogP) is -0.437. The Morgan fingerprint density at radius 2 is 2.00 bits per heavy atom. The van der Waals surface area contributed by atoms with Gasteiger partial charge in [0.05, 0.1) is 28.5 Å². The van der Waals surface area contributed by atoms with Crippen LogP contribution >= 0.6 is 0 Å². The van der Waals surface area contributed by atoms with Gasteiger partial charge in [0, 0.05) is 12.8 Å². The topological polar surface area (TPSA) is 110 Å². The molecule has 3 aliphatic rings. The molecule has 3 aliphatic heterocycles. The quantitative estimate of drug-likeness (QED) is 0.721. The van der Waals surface area contributed by atoms with Crippen LogP contribution < -0.4 is 0 Å². The van der Waals surface area contributed by atoms with Gasteiger partial charge in [-0.3, -0.25) is 4.79 Å². The van der Waals surface area contributed by atoms with Gasteiger partial charge in [0.1, 0.15) is 0 Å². The molecule has 1 aromatic carbocycles. The van der Waals surface area contributed by atoms with Gasteiger partial charge in [-0.25, -0.2) is 13.2 Å². The van der Waals surface area contributed by atoms with E-state index in [1.165, 1.54) is 24.3 Å². The molecule has 8 nitrogen and oxygen atoms in total. The van der Waals surface area contributed by atoms with Gasteiger partial charge in [-0.2, -0.15) is 0 Å². The largest absolute Gasteiger partial charge is 0.448 e. The first-order valence-electron chi connectivity index (χ1n) is 7.92. The third-order valence-corrected chi connectivity index (χ3v) is 6.19. The Morgan fingerprint density at radius 1 is 1.32 bits per heavy atom. The summed E-state index contributed by atoms with van der Waals surface area (Å²) in [7, 11) is -3.36. The number of hydrogen-bond acceptors (Lipinski definition) is 7. The molecule has 1 aromatic rings. The Bertz CT molecular complexity index is 835. The third-order valence-electron chi connectivity index (χ3n) is 5.06. The fourth-order valence-electron chi connectivity index (χ4n) is 3.89. The fourth-order valence-corrected chi connectivity index (χ4v) is 4.52. The Balaban J connectivity index is 1.54. The zero-order valence-electron chi connectivity index (χ0n) is 13.4. The second kappa shape index (κ2) is 5.52. The van der Waals surface area contributed by atoms with Gasteiger partial charge in [-0.05, 0) is 30.7 Å². The maximum Gasteiger partial charge on any atom is 0.338 e. The smallest absolute Gasteiger partial charge is 0.338 e. The Kier molecular flexibility index (Phi) is 3.64. The summed E-state index contributed by atoms with van der Waals surface area (Å²) in [6.45, 7) is 0.522. The lowest BCUT2D eigenvalue weighted by Crippen LogP contribution is -2.36. The van der Waals surface area contributed by atoms with Crippen molar-refractivity contribution in [1.82, 2.24) is 4.90 Å². The minimum absolute atomic E-state index is 0.0871. The van der Waals surface area contributed by atoms with Crippen LogP contribution in [0.25, 0.3) is 0 Å². The van der Waals surface area contributed by atoms with Crippen LogP contribution in [0.15, 0.2) is 29.2 Å². The van der Waals surface area contributed by atoms with Crippen LogP contribution in [-0.4, -0.2) is 67.6 Å². The number of amides is 1. The maximum absolute atomic E-state index is 12.5. The van der Waals surface area contributed by atoms with Crippen molar-refractivity contribution in [3.63, 3.8) is 0 Å². The number of benzene rings is 1. The molecule has 1 N–H and O–H groups in total. The molecule has 1 unspecified atom stereocenters. The Morgan fingerprint density at radius 3 is 2.64 bits per heavy atom. The Labute approximate surface area is 144 Å². The molecule has 3 heterocycles. The highest BCUT2D eigenvalue weighted by molar-refractivity contribution is 7.90. The number of aliphatic hydroxyl groups excluding tert-OH is 1. The second-order valence-electron chi connectivity index (χ2n) is 6.58. The van der Waals surface area contributed by atoms with E-state index in [1.54, 1.807) is 4.90 Å². The number of esters is 1. The molecule has 0 saturated carbocycles. The summed E-state index contributed by atoms with van der Waals surface area (Å²) in [5.41, 5.74) is 0.136. The minimum Gasteiger partial charge on any atom is -0.448 e. The first kappa shape index (κ1) is 16.5. The first-order valence-corrected chi connectivity index (χ1v) is 9.81. The van der Waals surface area contributed by atoms with E-state index < -0.39 is 34.1 Å². The summed E-state index contributed by atoms with van der Waals surface area (Å²) in [6.07, 6.45) is -0.719. The SMILES string of the molecule is CS(=O)(=O)c1ccc(C(=O)O[C@@H]2C(=O)N3CC[C@H]4OC(O)[C@@H]2[C@H]43)cc1. The van der Waals surface area contributed by atoms with E-state index in [1.807, 2.05) is 0 Å². The van der Waals surface area contributed by atoms with E-state index in [4.69, 9.17) is 9.47 Å². The van der Waals surface area contributed by atoms with E-state index >= 15 is 0 Å². The van der Waals surface area contributed by atoms with Crippen LogP contribution in [-0.2, 0) is 24.1 Å². The van der Waals surface area contributed by atoms with E-state index in [0.717, 1.165) is 6.26 Å². The molecule has 0 aromatic heterocycles. The van der Waals surface area contributed by atoms with Crippen LogP contribution in [0.4, 0.5) is 0 Å². The van der Waals surface area contributed by atoms with Crippen molar-refractivity contribution in [3.05, 3.63) is 29.8 Å². The number of carbonyl (C=O) groups excluding carboxylic acids is 2. The first-order chi connectivity index (χ1) is 11.8. The molecule has 0 radical (unpaired) electrons. The van der Waals surface area contributed by atoms with Gasteiger partial charge in [0.25, 0.3) is 5.91 Å². The van der Waals surface area contributed by atoms with Crippen LogP contribution in [0.5, 0.6) is 0 Å². The van der Waals surface area contributed by atoms with Crippen molar-refractivity contribution in [3.8, 4) is 0 Å². The van der Waals surface area contributed by atoms with Crippen molar-refractivity contribution in [1.29, 1.82) is 0 Å². The average Bonchev–Trinajstić information content (AvgIpc) is 3.17. The summed E-state index contributed by atoms with van der Waals surface area (Å²) >= 11 is 0. The molecule has 0 spiro atoms. The standard InChI is InChI=1S/C16H17NO7S/c1-25(21,22)9-4-2-8(3-5-9)15(19)24-13-11-12-10(23-16(11)20)6-7-17(12)14(13)18/h2-5,10-13,16,20H,6-7H2,1H3/t10-,11-,12+,13+,16?/m1/s1.